The quantitative estimate of drug-likeness (QED) is 0.0324. The summed E-state index contributed by atoms with van der Waals surface area (Å²) < 4.78 is 2.94. The van der Waals surface area contributed by atoms with Gasteiger partial charge in [0.1, 0.15) is 0 Å². The summed E-state index contributed by atoms with van der Waals surface area (Å²) in [7, 11) is 0. The molecule has 0 fully saturated rings. The van der Waals surface area contributed by atoms with Gasteiger partial charge in [0, 0.05) is 0 Å². The van der Waals surface area contributed by atoms with Crippen molar-refractivity contribution in [2.24, 2.45) is 0 Å². The zero-order valence-electron chi connectivity index (χ0n) is 43.6. The fraction of sp³-hybridized carbons (Fsp3) is 1.00. The standard InChI is InChI=1S/2C28H60N.2HI/c2*1-5-9-13-17-21-25-29(26-22-18-14-10-6-2,27-23-19-15-11-7-3)28-24-20-16-12-8-4;;/h2*5-28H2,1-4H3;2*1H/q2*+1;;/p-2. The minimum atomic E-state index is 0. The molecule has 0 atom stereocenters. The molecule has 0 saturated heterocycles. The van der Waals surface area contributed by atoms with E-state index in [0.29, 0.717) is 0 Å². The molecular weight excluding hydrogens is 954 g/mol. The Kier molecular flexibility index (Phi) is 64.0. The summed E-state index contributed by atoms with van der Waals surface area (Å²) in [5.41, 5.74) is 0. The molecule has 0 radical (unpaired) electrons. The molecule has 0 aromatic heterocycles. The molecule has 0 unspecified atom stereocenters. The predicted octanol–water partition coefficient (Wildman–Crippen LogP) is 13.4. The number of nitrogens with zero attached hydrogens (tertiary/aromatic N) is 2. The van der Waals surface area contributed by atoms with Crippen molar-refractivity contribution in [2.45, 2.75) is 312 Å². The van der Waals surface area contributed by atoms with Gasteiger partial charge in [-0.1, -0.05) is 209 Å². The fourth-order valence-corrected chi connectivity index (χ4v) is 9.75. The van der Waals surface area contributed by atoms with E-state index in [-0.39, 0.29) is 48.0 Å². The van der Waals surface area contributed by atoms with E-state index in [1.807, 2.05) is 0 Å². The van der Waals surface area contributed by atoms with Crippen LogP contribution in [-0.2, 0) is 0 Å². The highest BCUT2D eigenvalue weighted by molar-refractivity contribution is 4.56. The minimum Gasteiger partial charge on any atom is -1.00 e. The van der Waals surface area contributed by atoms with E-state index >= 15 is 0 Å². The lowest BCUT2D eigenvalue weighted by atomic mass is 10.1. The summed E-state index contributed by atoms with van der Waals surface area (Å²) in [6.07, 6.45) is 57.6. The SMILES string of the molecule is CCCCCCC[N+](CCCCCCC)(CCCCCCC)CCCCCCC.CCCCCCC[N+](CCCCCCC)(CCCCCCC)CCCCCCC.[I-].[I-]. The van der Waals surface area contributed by atoms with E-state index in [4.69, 9.17) is 0 Å². The van der Waals surface area contributed by atoms with Crippen molar-refractivity contribution in [2.75, 3.05) is 52.4 Å². The van der Waals surface area contributed by atoms with Crippen molar-refractivity contribution in [3.63, 3.8) is 0 Å². The van der Waals surface area contributed by atoms with Crippen molar-refractivity contribution in [3.05, 3.63) is 0 Å². The normalized spacial score (nSPS) is 11.6. The number of hydrogen-bond donors (Lipinski definition) is 0. The van der Waals surface area contributed by atoms with Crippen LogP contribution in [0.15, 0.2) is 0 Å². The van der Waals surface area contributed by atoms with Crippen LogP contribution < -0.4 is 48.0 Å². The Balaban J connectivity index is -0.000000506. The van der Waals surface area contributed by atoms with Crippen LogP contribution in [-0.4, -0.2) is 61.3 Å². The van der Waals surface area contributed by atoms with Crippen LogP contribution >= 0.6 is 0 Å². The molecule has 368 valence electrons. The molecule has 0 N–H and O–H groups in total. The molecule has 0 aromatic rings. The Labute approximate surface area is 418 Å². The Morgan fingerprint density at radius 1 is 0.150 bits per heavy atom. The third kappa shape index (κ3) is 47.3. The van der Waals surface area contributed by atoms with Crippen LogP contribution in [0.1, 0.15) is 312 Å². The van der Waals surface area contributed by atoms with E-state index in [1.165, 1.54) is 318 Å². The van der Waals surface area contributed by atoms with Crippen molar-refractivity contribution < 1.29 is 56.9 Å². The summed E-state index contributed by atoms with van der Waals surface area (Å²) in [5, 5.41) is 0. The van der Waals surface area contributed by atoms with Crippen molar-refractivity contribution in [1.29, 1.82) is 0 Å². The molecule has 0 aliphatic heterocycles. The van der Waals surface area contributed by atoms with Crippen LogP contribution in [0.25, 0.3) is 0 Å². The maximum atomic E-state index is 2.34. The van der Waals surface area contributed by atoms with E-state index < -0.39 is 0 Å². The maximum absolute atomic E-state index is 2.34. The first-order valence-electron chi connectivity index (χ1n) is 28.2. The molecule has 0 heterocycles. The molecule has 0 bridgehead atoms. The maximum Gasteiger partial charge on any atom is 0.0786 e. The molecule has 2 nitrogen and oxygen atoms in total. The van der Waals surface area contributed by atoms with Gasteiger partial charge in [0.2, 0.25) is 0 Å². The van der Waals surface area contributed by atoms with Crippen LogP contribution in [0.5, 0.6) is 0 Å². The van der Waals surface area contributed by atoms with Crippen molar-refractivity contribution in [3.8, 4) is 0 Å². The summed E-state index contributed by atoms with van der Waals surface area (Å²) in [6, 6.07) is 0. The zero-order chi connectivity index (χ0) is 42.9. The third-order valence-electron chi connectivity index (χ3n) is 13.9. The first kappa shape index (κ1) is 68.0. The number of quaternary nitrogens is 2. The first-order chi connectivity index (χ1) is 28.5. The van der Waals surface area contributed by atoms with E-state index in [2.05, 4.69) is 55.4 Å². The van der Waals surface area contributed by atoms with Crippen LogP contribution in [0.3, 0.4) is 0 Å². The van der Waals surface area contributed by atoms with Gasteiger partial charge in [-0.2, -0.15) is 0 Å². The summed E-state index contributed by atoms with van der Waals surface area (Å²) >= 11 is 0. The summed E-state index contributed by atoms with van der Waals surface area (Å²) in [4.78, 5) is 0. The molecule has 60 heavy (non-hydrogen) atoms. The minimum absolute atomic E-state index is 0. The van der Waals surface area contributed by atoms with Gasteiger partial charge in [0.25, 0.3) is 0 Å². The van der Waals surface area contributed by atoms with E-state index in [9.17, 15) is 0 Å². The molecule has 0 rings (SSSR count). The molecule has 0 amide bonds. The van der Waals surface area contributed by atoms with Gasteiger partial charge >= 0.3 is 0 Å². The highest BCUT2D eigenvalue weighted by Gasteiger charge is 2.27. The average Bonchev–Trinajstić information content (AvgIpc) is 3.23. The number of halogens is 2. The Bertz CT molecular complexity index is 547. The second-order valence-corrected chi connectivity index (χ2v) is 19.8. The summed E-state index contributed by atoms with van der Waals surface area (Å²) in [5.74, 6) is 0. The molecule has 0 aliphatic rings. The monoisotopic (exact) mass is 1070 g/mol. The van der Waals surface area contributed by atoms with E-state index in [0.717, 1.165) is 0 Å². The second-order valence-electron chi connectivity index (χ2n) is 19.8. The van der Waals surface area contributed by atoms with Crippen molar-refractivity contribution in [1.82, 2.24) is 0 Å². The van der Waals surface area contributed by atoms with Gasteiger partial charge in [-0.05, 0) is 103 Å². The highest BCUT2D eigenvalue weighted by Crippen LogP contribution is 2.22. The lowest BCUT2D eigenvalue weighted by Gasteiger charge is -2.40. The largest absolute Gasteiger partial charge is 1.00 e. The van der Waals surface area contributed by atoms with Crippen LogP contribution in [0, 0.1) is 0 Å². The molecule has 0 spiro atoms. The van der Waals surface area contributed by atoms with Gasteiger partial charge in [-0.15, -0.1) is 0 Å². The molecular formula is C56H120I2N2. The Hall–Kier alpha value is 1.38. The number of unbranched alkanes of at least 4 members (excludes halogenated alkanes) is 32. The van der Waals surface area contributed by atoms with Gasteiger partial charge < -0.3 is 56.9 Å². The first-order valence-corrected chi connectivity index (χ1v) is 28.2. The molecule has 0 aromatic carbocycles. The highest BCUT2D eigenvalue weighted by atomic mass is 127. The topological polar surface area (TPSA) is 0 Å². The lowest BCUT2D eigenvalue weighted by Crippen LogP contribution is -3.00. The lowest BCUT2D eigenvalue weighted by molar-refractivity contribution is -0.929. The van der Waals surface area contributed by atoms with Gasteiger partial charge in [0.05, 0.1) is 52.4 Å². The smallest absolute Gasteiger partial charge is 0.0786 e. The van der Waals surface area contributed by atoms with Gasteiger partial charge in [0.15, 0.2) is 0 Å². The predicted molar refractivity (Wildman–Crippen MR) is 270 cm³/mol. The summed E-state index contributed by atoms with van der Waals surface area (Å²) in [6.45, 7) is 30.5. The molecule has 0 saturated carbocycles. The fourth-order valence-electron chi connectivity index (χ4n) is 9.75. The second kappa shape index (κ2) is 56.5. The number of rotatable bonds is 48. The Morgan fingerprint density at radius 2 is 0.250 bits per heavy atom. The van der Waals surface area contributed by atoms with Gasteiger partial charge in [-0.25, -0.2) is 0 Å². The Morgan fingerprint density at radius 3 is 0.350 bits per heavy atom. The average molecular weight is 1080 g/mol. The third-order valence-corrected chi connectivity index (χ3v) is 13.9. The number of hydrogen-bond acceptors (Lipinski definition) is 0. The van der Waals surface area contributed by atoms with Gasteiger partial charge in [-0.3, -0.25) is 0 Å². The molecule has 4 heteroatoms. The van der Waals surface area contributed by atoms with Crippen molar-refractivity contribution >= 4 is 0 Å². The van der Waals surface area contributed by atoms with Crippen LogP contribution in [0.2, 0.25) is 0 Å². The zero-order valence-corrected chi connectivity index (χ0v) is 47.9. The van der Waals surface area contributed by atoms with E-state index in [1.54, 1.807) is 0 Å². The van der Waals surface area contributed by atoms with Crippen LogP contribution in [0.4, 0.5) is 0 Å². The molecule has 0 aliphatic carbocycles.